The number of hydrogen-bond acceptors (Lipinski definition) is 5. The van der Waals surface area contributed by atoms with Crippen molar-refractivity contribution in [3.8, 4) is 11.5 Å². The lowest BCUT2D eigenvalue weighted by atomic mass is 10.2. The van der Waals surface area contributed by atoms with Crippen LogP contribution in [0, 0.1) is 0 Å². The molecule has 0 spiro atoms. The van der Waals surface area contributed by atoms with Gasteiger partial charge in [-0.05, 0) is 18.6 Å². The van der Waals surface area contributed by atoms with Gasteiger partial charge in [-0.25, -0.2) is 9.67 Å². The molecule has 0 aliphatic carbocycles. The number of aryl methyl sites for hydroxylation is 1. The zero-order valence-electron chi connectivity index (χ0n) is 12.1. The summed E-state index contributed by atoms with van der Waals surface area (Å²) in [5.74, 6) is 2.33. The highest BCUT2D eigenvalue weighted by Crippen LogP contribution is 2.29. The molecule has 0 atom stereocenters. The second kappa shape index (κ2) is 6.79. The Morgan fingerprint density at radius 2 is 2.00 bits per heavy atom. The number of anilines is 1. The largest absolute Gasteiger partial charge is 0.493 e. The fourth-order valence-electron chi connectivity index (χ4n) is 1.95. The van der Waals surface area contributed by atoms with Crippen molar-refractivity contribution in [3.05, 3.63) is 30.4 Å². The van der Waals surface area contributed by atoms with E-state index in [1.54, 1.807) is 20.5 Å². The van der Waals surface area contributed by atoms with Crippen LogP contribution in [0.3, 0.4) is 0 Å². The molecule has 6 nitrogen and oxygen atoms in total. The number of benzene rings is 1. The van der Waals surface area contributed by atoms with Crippen molar-refractivity contribution in [3.63, 3.8) is 0 Å². The maximum atomic E-state index is 5.28. The third-order valence-corrected chi connectivity index (χ3v) is 2.97. The maximum Gasteiger partial charge on any atom is 0.162 e. The summed E-state index contributed by atoms with van der Waals surface area (Å²) in [6.07, 6.45) is 2.62. The third kappa shape index (κ3) is 3.20. The Balaban J connectivity index is 2.05. The van der Waals surface area contributed by atoms with Crippen molar-refractivity contribution in [2.24, 2.45) is 0 Å². The Hall–Kier alpha value is -2.24. The van der Waals surface area contributed by atoms with Crippen LogP contribution < -0.4 is 14.8 Å². The van der Waals surface area contributed by atoms with Crippen LogP contribution in [-0.4, -0.2) is 29.0 Å². The van der Waals surface area contributed by atoms with Gasteiger partial charge < -0.3 is 14.8 Å². The molecule has 2 rings (SSSR count). The van der Waals surface area contributed by atoms with Crippen molar-refractivity contribution in [2.45, 2.75) is 26.4 Å². The molecule has 1 aromatic heterocycles. The van der Waals surface area contributed by atoms with E-state index in [2.05, 4.69) is 22.3 Å². The SMILES string of the molecule is CCCn1ncnc1CNc1ccc(OC)c(OC)c1. The normalized spacial score (nSPS) is 10.3. The number of nitrogens with zero attached hydrogens (tertiary/aromatic N) is 3. The zero-order chi connectivity index (χ0) is 14.4. The van der Waals surface area contributed by atoms with Crippen molar-refractivity contribution in [1.29, 1.82) is 0 Å². The predicted octanol–water partition coefficient (Wildman–Crippen LogP) is 2.32. The summed E-state index contributed by atoms with van der Waals surface area (Å²) in [7, 11) is 3.25. The monoisotopic (exact) mass is 276 g/mol. The Kier molecular flexibility index (Phi) is 4.81. The van der Waals surface area contributed by atoms with Crippen molar-refractivity contribution >= 4 is 5.69 Å². The fourth-order valence-corrected chi connectivity index (χ4v) is 1.95. The van der Waals surface area contributed by atoms with Crippen LogP contribution in [-0.2, 0) is 13.1 Å². The van der Waals surface area contributed by atoms with Crippen LogP contribution in [0.1, 0.15) is 19.2 Å². The molecule has 0 unspecified atom stereocenters. The summed E-state index contributed by atoms with van der Waals surface area (Å²) in [6, 6.07) is 5.72. The maximum absolute atomic E-state index is 5.28. The minimum absolute atomic E-state index is 0.621. The van der Waals surface area contributed by atoms with Crippen LogP contribution in [0.2, 0.25) is 0 Å². The summed E-state index contributed by atoms with van der Waals surface area (Å²) in [6.45, 7) is 3.62. The molecule has 20 heavy (non-hydrogen) atoms. The van der Waals surface area contributed by atoms with Gasteiger partial charge in [0.15, 0.2) is 11.5 Å². The lowest BCUT2D eigenvalue weighted by Crippen LogP contribution is -2.10. The van der Waals surface area contributed by atoms with E-state index in [0.717, 1.165) is 24.5 Å². The number of ether oxygens (including phenoxy) is 2. The standard InChI is InChI=1S/C14H20N4O2/c1-4-7-18-14(16-10-17-18)9-15-11-5-6-12(19-2)13(8-11)20-3/h5-6,8,10,15H,4,7,9H2,1-3H3. The topological polar surface area (TPSA) is 61.2 Å². The average Bonchev–Trinajstić information content (AvgIpc) is 2.92. The molecular weight excluding hydrogens is 256 g/mol. The lowest BCUT2D eigenvalue weighted by Gasteiger charge is -2.11. The smallest absolute Gasteiger partial charge is 0.162 e. The Bertz CT molecular complexity index is 554. The highest BCUT2D eigenvalue weighted by Gasteiger charge is 2.06. The van der Waals surface area contributed by atoms with Crippen molar-refractivity contribution < 1.29 is 9.47 Å². The van der Waals surface area contributed by atoms with Gasteiger partial charge in [0.2, 0.25) is 0 Å². The summed E-state index contributed by atoms with van der Waals surface area (Å²) in [4.78, 5) is 4.26. The second-order valence-electron chi connectivity index (χ2n) is 4.32. The number of methoxy groups -OCH3 is 2. The first-order chi connectivity index (χ1) is 9.78. The van der Waals surface area contributed by atoms with E-state index in [-0.39, 0.29) is 0 Å². The summed E-state index contributed by atoms with van der Waals surface area (Å²) in [5, 5.41) is 7.51. The molecule has 0 amide bonds. The molecule has 1 aromatic carbocycles. The Labute approximate surface area is 118 Å². The Morgan fingerprint density at radius 3 is 2.70 bits per heavy atom. The molecule has 108 valence electrons. The minimum Gasteiger partial charge on any atom is -0.493 e. The predicted molar refractivity (Wildman–Crippen MR) is 77.2 cm³/mol. The summed E-state index contributed by atoms with van der Waals surface area (Å²) < 4.78 is 12.4. The van der Waals surface area contributed by atoms with Gasteiger partial charge in [0.1, 0.15) is 12.2 Å². The van der Waals surface area contributed by atoms with Crippen LogP contribution in [0.4, 0.5) is 5.69 Å². The van der Waals surface area contributed by atoms with E-state index >= 15 is 0 Å². The van der Waals surface area contributed by atoms with Gasteiger partial charge in [0.05, 0.1) is 20.8 Å². The number of nitrogens with one attached hydrogen (secondary N) is 1. The first-order valence-corrected chi connectivity index (χ1v) is 6.61. The van der Waals surface area contributed by atoms with Gasteiger partial charge in [0.25, 0.3) is 0 Å². The molecule has 0 aliphatic heterocycles. The fraction of sp³-hybridized carbons (Fsp3) is 0.429. The zero-order valence-corrected chi connectivity index (χ0v) is 12.1. The molecule has 0 aliphatic rings. The first-order valence-electron chi connectivity index (χ1n) is 6.61. The van der Waals surface area contributed by atoms with Gasteiger partial charge >= 0.3 is 0 Å². The second-order valence-corrected chi connectivity index (χ2v) is 4.32. The molecular formula is C14H20N4O2. The van der Waals surface area contributed by atoms with Crippen LogP contribution in [0.5, 0.6) is 11.5 Å². The summed E-state index contributed by atoms with van der Waals surface area (Å²) >= 11 is 0. The van der Waals surface area contributed by atoms with E-state index in [1.807, 2.05) is 22.9 Å². The third-order valence-electron chi connectivity index (χ3n) is 2.97. The van der Waals surface area contributed by atoms with E-state index < -0.39 is 0 Å². The van der Waals surface area contributed by atoms with Crippen LogP contribution in [0.25, 0.3) is 0 Å². The molecule has 2 aromatic rings. The molecule has 0 saturated heterocycles. The molecule has 6 heteroatoms. The average molecular weight is 276 g/mol. The summed E-state index contributed by atoms with van der Waals surface area (Å²) in [5.41, 5.74) is 0.952. The van der Waals surface area contributed by atoms with E-state index in [4.69, 9.17) is 9.47 Å². The molecule has 0 radical (unpaired) electrons. The highest BCUT2D eigenvalue weighted by atomic mass is 16.5. The number of hydrogen-bond donors (Lipinski definition) is 1. The molecule has 0 bridgehead atoms. The van der Waals surface area contributed by atoms with Crippen molar-refractivity contribution in [2.75, 3.05) is 19.5 Å². The quantitative estimate of drug-likeness (QED) is 0.841. The van der Waals surface area contributed by atoms with Gasteiger partial charge in [-0.3, -0.25) is 0 Å². The van der Waals surface area contributed by atoms with E-state index in [1.165, 1.54) is 0 Å². The van der Waals surface area contributed by atoms with Gasteiger partial charge in [-0.1, -0.05) is 6.92 Å². The van der Waals surface area contributed by atoms with Crippen molar-refractivity contribution in [1.82, 2.24) is 14.8 Å². The number of aromatic nitrogens is 3. The molecule has 0 saturated carbocycles. The van der Waals surface area contributed by atoms with E-state index in [0.29, 0.717) is 18.0 Å². The first kappa shape index (κ1) is 14.2. The van der Waals surface area contributed by atoms with Crippen LogP contribution >= 0.6 is 0 Å². The lowest BCUT2D eigenvalue weighted by molar-refractivity contribution is 0.355. The van der Waals surface area contributed by atoms with Crippen LogP contribution in [0.15, 0.2) is 24.5 Å². The number of rotatable bonds is 7. The molecule has 1 N–H and O–H groups in total. The van der Waals surface area contributed by atoms with E-state index in [9.17, 15) is 0 Å². The van der Waals surface area contributed by atoms with Gasteiger partial charge in [-0.2, -0.15) is 5.10 Å². The Morgan fingerprint density at radius 1 is 1.20 bits per heavy atom. The highest BCUT2D eigenvalue weighted by molar-refractivity contribution is 5.54. The molecule has 0 fully saturated rings. The van der Waals surface area contributed by atoms with Gasteiger partial charge in [-0.15, -0.1) is 0 Å². The molecule has 1 heterocycles. The van der Waals surface area contributed by atoms with Gasteiger partial charge in [0, 0.05) is 18.3 Å². The minimum atomic E-state index is 0.621.